The number of aliphatic carboxylic acids is 1. The molecule has 0 fully saturated rings. The molecule has 5 nitrogen and oxygen atoms in total. The molecule has 2 N–H and O–H groups in total. The molecule has 0 aromatic rings. The summed E-state index contributed by atoms with van der Waals surface area (Å²) in [5, 5.41) is 18.6. The number of rotatable bonds is 35. The summed E-state index contributed by atoms with van der Waals surface area (Å²) < 4.78 is 5.79. The Morgan fingerprint density at radius 1 is 0.512 bits per heavy atom. The zero-order valence-corrected chi connectivity index (χ0v) is 28.9. The van der Waals surface area contributed by atoms with Gasteiger partial charge in [0.05, 0.1) is 19.1 Å². The van der Waals surface area contributed by atoms with E-state index in [4.69, 9.17) is 9.84 Å². The second-order valence-electron chi connectivity index (χ2n) is 13.4. The third-order valence-corrected chi connectivity index (χ3v) is 9.14. The molecule has 2 atom stereocenters. The van der Waals surface area contributed by atoms with Crippen molar-refractivity contribution in [2.45, 2.75) is 206 Å². The Morgan fingerprint density at radius 3 is 1.26 bits per heavy atom. The zero-order valence-electron chi connectivity index (χ0n) is 28.9. The highest BCUT2D eigenvalue weighted by Crippen LogP contribution is 2.21. The predicted octanol–water partition coefficient (Wildman–Crippen LogP) is 11.6. The van der Waals surface area contributed by atoms with Crippen LogP contribution in [-0.4, -0.2) is 35.4 Å². The fourth-order valence-corrected chi connectivity index (χ4v) is 6.13. The van der Waals surface area contributed by atoms with Gasteiger partial charge < -0.3 is 14.9 Å². The van der Waals surface area contributed by atoms with E-state index in [9.17, 15) is 14.7 Å². The van der Waals surface area contributed by atoms with Crippen molar-refractivity contribution in [1.29, 1.82) is 0 Å². The molecule has 0 amide bonds. The standard InChI is InChI=1S/C38H74O5/c1-3-5-7-9-10-11-12-13-14-15-16-20-23-27-31-36(33-39)38(42)43-34-35(29-25-8-6-4-2)30-26-22-19-17-18-21-24-28-32-37(40)41/h35-36,39H,3-34H2,1-2H3,(H,40,41). The van der Waals surface area contributed by atoms with Crippen molar-refractivity contribution >= 4 is 11.9 Å². The quantitative estimate of drug-likeness (QED) is 0.0551. The van der Waals surface area contributed by atoms with Crippen molar-refractivity contribution in [3.8, 4) is 0 Å². The molecule has 256 valence electrons. The first-order valence-corrected chi connectivity index (χ1v) is 19.0. The first kappa shape index (κ1) is 41.9. The van der Waals surface area contributed by atoms with Gasteiger partial charge in [-0.1, -0.05) is 174 Å². The molecule has 0 aliphatic rings. The molecule has 0 saturated heterocycles. The van der Waals surface area contributed by atoms with E-state index in [-0.39, 0.29) is 18.5 Å². The van der Waals surface area contributed by atoms with Crippen LogP contribution < -0.4 is 0 Å². The maximum atomic E-state index is 12.8. The predicted molar refractivity (Wildman–Crippen MR) is 183 cm³/mol. The first-order chi connectivity index (χ1) is 21.0. The van der Waals surface area contributed by atoms with Crippen LogP contribution in [0.4, 0.5) is 0 Å². The Bertz CT molecular complexity index is 593. The minimum atomic E-state index is -0.688. The number of hydrogen-bond acceptors (Lipinski definition) is 4. The highest BCUT2D eigenvalue weighted by atomic mass is 16.5. The van der Waals surface area contributed by atoms with E-state index in [1.807, 2.05) is 0 Å². The van der Waals surface area contributed by atoms with Crippen LogP contribution in [-0.2, 0) is 14.3 Å². The smallest absolute Gasteiger partial charge is 0.311 e. The summed E-state index contributed by atoms with van der Waals surface area (Å²) in [6.07, 6.45) is 35.7. The highest BCUT2D eigenvalue weighted by molar-refractivity contribution is 5.72. The molecule has 0 bridgehead atoms. The Kier molecular flexibility index (Phi) is 32.9. The van der Waals surface area contributed by atoms with Crippen LogP contribution in [0.1, 0.15) is 206 Å². The molecule has 0 radical (unpaired) electrons. The summed E-state index contributed by atoms with van der Waals surface area (Å²) in [6, 6.07) is 0. The lowest BCUT2D eigenvalue weighted by Crippen LogP contribution is -2.24. The van der Waals surface area contributed by atoms with Crippen molar-refractivity contribution in [3.05, 3.63) is 0 Å². The van der Waals surface area contributed by atoms with Gasteiger partial charge in [0.25, 0.3) is 0 Å². The van der Waals surface area contributed by atoms with Crippen molar-refractivity contribution in [2.75, 3.05) is 13.2 Å². The van der Waals surface area contributed by atoms with Gasteiger partial charge in [0.2, 0.25) is 0 Å². The van der Waals surface area contributed by atoms with Crippen molar-refractivity contribution in [1.82, 2.24) is 0 Å². The molecule has 0 aromatic heterocycles. The van der Waals surface area contributed by atoms with Crippen LogP contribution in [0.5, 0.6) is 0 Å². The lowest BCUT2D eigenvalue weighted by atomic mass is 9.94. The Hall–Kier alpha value is -1.10. The van der Waals surface area contributed by atoms with Crippen molar-refractivity contribution in [2.24, 2.45) is 11.8 Å². The van der Waals surface area contributed by atoms with Crippen molar-refractivity contribution in [3.63, 3.8) is 0 Å². The number of unbranched alkanes of at least 4 members (excludes halogenated alkanes) is 23. The van der Waals surface area contributed by atoms with Crippen LogP contribution in [0, 0.1) is 11.8 Å². The third-order valence-electron chi connectivity index (χ3n) is 9.14. The molecule has 0 saturated carbocycles. The maximum Gasteiger partial charge on any atom is 0.311 e. The molecule has 5 heteroatoms. The number of aliphatic hydroxyl groups excluding tert-OH is 1. The summed E-state index contributed by atoms with van der Waals surface area (Å²) in [7, 11) is 0. The minimum Gasteiger partial charge on any atom is -0.481 e. The van der Waals surface area contributed by atoms with Gasteiger partial charge in [-0.25, -0.2) is 0 Å². The first-order valence-electron chi connectivity index (χ1n) is 19.0. The Morgan fingerprint density at radius 2 is 0.860 bits per heavy atom. The lowest BCUT2D eigenvalue weighted by Gasteiger charge is -2.19. The fraction of sp³-hybridized carbons (Fsp3) is 0.947. The van der Waals surface area contributed by atoms with E-state index in [2.05, 4.69) is 13.8 Å². The molecule has 0 aromatic carbocycles. The zero-order chi connectivity index (χ0) is 31.6. The van der Waals surface area contributed by atoms with E-state index in [1.54, 1.807) is 0 Å². The number of carboxylic acids is 1. The third kappa shape index (κ3) is 30.7. The van der Waals surface area contributed by atoms with Gasteiger partial charge in [0.1, 0.15) is 0 Å². The van der Waals surface area contributed by atoms with E-state index in [0.717, 1.165) is 51.4 Å². The van der Waals surface area contributed by atoms with Crippen LogP contribution >= 0.6 is 0 Å². The average molecular weight is 611 g/mol. The number of aliphatic hydroxyl groups is 1. The van der Waals surface area contributed by atoms with E-state index < -0.39 is 5.97 Å². The molecule has 0 aliphatic carbocycles. The molecule has 2 unspecified atom stereocenters. The van der Waals surface area contributed by atoms with E-state index in [0.29, 0.717) is 18.9 Å². The summed E-state index contributed by atoms with van der Waals surface area (Å²) in [5.74, 6) is -0.823. The number of ether oxygens (including phenoxy) is 1. The normalized spacial score (nSPS) is 12.8. The number of carboxylic acid groups (broad SMARTS) is 1. The number of esters is 1. The number of carbonyl (C=O) groups is 2. The van der Waals surface area contributed by atoms with Gasteiger partial charge in [0.15, 0.2) is 0 Å². The topological polar surface area (TPSA) is 83.8 Å². The van der Waals surface area contributed by atoms with Gasteiger partial charge in [-0.05, 0) is 31.6 Å². The number of hydrogen-bond donors (Lipinski definition) is 2. The monoisotopic (exact) mass is 611 g/mol. The molecule has 0 rings (SSSR count). The summed E-state index contributed by atoms with van der Waals surface area (Å²) in [5.41, 5.74) is 0. The molecule has 43 heavy (non-hydrogen) atoms. The van der Waals surface area contributed by atoms with Gasteiger partial charge in [-0.3, -0.25) is 9.59 Å². The summed E-state index contributed by atoms with van der Waals surface area (Å²) in [4.78, 5) is 23.4. The van der Waals surface area contributed by atoms with Gasteiger partial charge >= 0.3 is 11.9 Å². The molecular formula is C38H74O5. The van der Waals surface area contributed by atoms with E-state index in [1.165, 1.54) is 135 Å². The second-order valence-corrected chi connectivity index (χ2v) is 13.4. The second kappa shape index (κ2) is 33.8. The van der Waals surface area contributed by atoms with Crippen molar-refractivity contribution < 1.29 is 24.5 Å². The van der Waals surface area contributed by atoms with Gasteiger partial charge in [-0.15, -0.1) is 0 Å². The van der Waals surface area contributed by atoms with Crippen LogP contribution in [0.3, 0.4) is 0 Å². The maximum absolute atomic E-state index is 12.8. The summed E-state index contributed by atoms with van der Waals surface area (Å²) >= 11 is 0. The van der Waals surface area contributed by atoms with Gasteiger partial charge in [-0.2, -0.15) is 0 Å². The van der Waals surface area contributed by atoms with Crippen LogP contribution in [0.15, 0.2) is 0 Å². The molecule has 0 spiro atoms. The fourth-order valence-electron chi connectivity index (χ4n) is 6.13. The minimum absolute atomic E-state index is 0.102. The number of carbonyl (C=O) groups excluding carboxylic acids is 1. The summed E-state index contributed by atoms with van der Waals surface area (Å²) in [6.45, 7) is 4.91. The van der Waals surface area contributed by atoms with Gasteiger partial charge in [0, 0.05) is 6.42 Å². The average Bonchev–Trinajstić information content (AvgIpc) is 3.00. The lowest BCUT2D eigenvalue weighted by molar-refractivity contribution is -0.151. The molecular weight excluding hydrogens is 536 g/mol. The van der Waals surface area contributed by atoms with E-state index >= 15 is 0 Å². The SMILES string of the molecule is CCCCCCCCCCCCCCCCC(CO)C(=O)OCC(CCCCCC)CCCCCCCCCCC(=O)O. The highest BCUT2D eigenvalue weighted by Gasteiger charge is 2.20. The largest absolute Gasteiger partial charge is 0.481 e. The van der Waals surface area contributed by atoms with Crippen LogP contribution in [0.25, 0.3) is 0 Å². The molecule has 0 heterocycles. The van der Waals surface area contributed by atoms with Crippen LogP contribution in [0.2, 0.25) is 0 Å². The molecule has 0 aliphatic heterocycles. The Labute approximate surface area is 267 Å². The Balaban J connectivity index is 4.02.